The molecule has 1 aliphatic heterocycles. The number of benzene rings is 1. The number of fused-ring (bicyclic) bond motifs is 1. The summed E-state index contributed by atoms with van der Waals surface area (Å²) in [6, 6.07) is 0.0592. The van der Waals surface area contributed by atoms with Gasteiger partial charge in [0.1, 0.15) is 11.3 Å². The Morgan fingerprint density at radius 3 is 2.83 bits per heavy atom. The van der Waals surface area contributed by atoms with Crippen molar-refractivity contribution in [3.63, 3.8) is 0 Å². The topological polar surface area (TPSA) is 41.0 Å². The van der Waals surface area contributed by atoms with Gasteiger partial charge in [-0.25, -0.2) is 14.4 Å². The standard InChI is InChI=1S/C15H14Br2ClFN4S/c1-3-7-6-20-4-5-23(7)14-8-9(16)11(18)10(17)12(19)13(8)21-15(22-14)24-2/h3,7,20H,1,4-6H2,2H3. The zero-order chi connectivity index (χ0) is 17.4. The summed E-state index contributed by atoms with van der Waals surface area (Å²) >= 11 is 14.3. The average molecular weight is 497 g/mol. The first kappa shape index (κ1) is 18.4. The van der Waals surface area contributed by atoms with Crippen molar-refractivity contribution in [3.05, 3.63) is 32.4 Å². The van der Waals surface area contributed by atoms with Gasteiger partial charge in [0.25, 0.3) is 0 Å². The van der Waals surface area contributed by atoms with Gasteiger partial charge in [0.2, 0.25) is 0 Å². The minimum absolute atomic E-state index is 0.0592. The van der Waals surface area contributed by atoms with E-state index in [9.17, 15) is 4.39 Å². The second-order valence-electron chi connectivity index (χ2n) is 5.21. The highest BCUT2D eigenvalue weighted by atomic mass is 79.9. The molecule has 3 rings (SSSR count). The van der Waals surface area contributed by atoms with E-state index in [-0.39, 0.29) is 21.1 Å². The number of piperazine rings is 1. The molecule has 1 unspecified atom stereocenters. The second kappa shape index (κ2) is 7.45. The Morgan fingerprint density at radius 2 is 2.17 bits per heavy atom. The second-order valence-corrected chi connectivity index (χ2v) is 7.95. The van der Waals surface area contributed by atoms with Gasteiger partial charge in [-0.2, -0.15) is 0 Å². The van der Waals surface area contributed by atoms with Gasteiger partial charge in [0, 0.05) is 19.6 Å². The molecule has 1 aromatic heterocycles. The van der Waals surface area contributed by atoms with Crippen molar-refractivity contribution < 1.29 is 4.39 Å². The van der Waals surface area contributed by atoms with Crippen LogP contribution in [0.15, 0.2) is 26.8 Å². The first-order chi connectivity index (χ1) is 11.5. The van der Waals surface area contributed by atoms with Crippen LogP contribution in [0.2, 0.25) is 5.02 Å². The molecule has 0 amide bonds. The summed E-state index contributed by atoms with van der Waals surface area (Å²) in [5, 5.41) is 4.69. The van der Waals surface area contributed by atoms with Gasteiger partial charge >= 0.3 is 0 Å². The third-order valence-electron chi connectivity index (χ3n) is 3.88. The van der Waals surface area contributed by atoms with Crippen LogP contribution in [0.5, 0.6) is 0 Å². The summed E-state index contributed by atoms with van der Waals surface area (Å²) < 4.78 is 15.6. The molecule has 0 spiro atoms. The van der Waals surface area contributed by atoms with E-state index in [0.717, 1.165) is 19.6 Å². The fourth-order valence-corrected chi connectivity index (χ4v) is 4.45. The van der Waals surface area contributed by atoms with Gasteiger partial charge in [-0.05, 0) is 38.1 Å². The van der Waals surface area contributed by atoms with Crippen molar-refractivity contribution >= 4 is 71.9 Å². The lowest BCUT2D eigenvalue weighted by atomic mass is 10.1. The molecule has 1 aliphatic rings. The Labute approximate surface area is 165 Å². The number of nitrogens with zero attached hydrogens (tertiary/aromatic N) is 3. The molecule has 1 atom stereocenters. The molecule has 4 nitrogen and oxygen atoms in total. The summed E-state index contributed by atoms with van der Waals surface area (Å²) in [4.78, 5) is 11.1. The highest BCUT2D eigenvalue weighted by Crippen LogP contribution is 2.43. The van der Waals surface area contributed by atoms with E-state index in [4.69, 9.17) is 11.6 Å². The minimum atomic E-state index is -0.484. The molecule has 1 N–H and O–H groups in total. The smallest absolute Gasteiger partial charge is 0.189 e. The van der Waals surface area contributed by atoms with Crippen molar-refractivity contribution in [2.75, 3.05) is 30.8 Å². The zero-order valence-electron chi connectivity index (χ0n) is 12.7. The number of hydrogen-bond acceptors (Lipinski definition) is 5. The Hall–Kier alpha value is -0.410. The molecule has 2 aromatic rings. The molecule has 1 saturated heterocycles. The van der Waals surface area contributed by atoms with Crippen molar-refractivity contribution in [2.45, 2.75) is 11.2 Å². The lowest BCUT2D eigenvalue weighted by Gasteiger charge is -2.36. The maximum atomic E-state index is 14.8. The predicted molar refractivity (Wildman–Crippen MR) is 106 cm³/mol. The van der Waals surface area contributed by atoms with Gasteiger partial charge < -0.3 is 10.2 Å². The van der Waals surface area contributed by atoms with Gasteiger partial charge in [0.05, 0.1) is 25.4 Å². The fraction of sp³-hybridized carbons (Fsp3) is 0.333. The largest absolute Gasteiger partial charge is 0.347 e. The maximum absolute atomic E-state index is 14.8. The number of rotatable bonds is 3. The number of nitrogens with one attached hydrogen (secondary N) is 1. The fourth-order valence-electron chi connectivity index (χ4n) is 2.69. The number of aromatic nitrogens is 2. The van der Waals surface area contributed by atoms with Crippen LogP contribution < -0.4 is 10.2 Å². The minimum Gasteiger partial charge on any atom is -0.347 e. The van der Waals surface area contributed by atoms with E-state index in [2.05, 4.69) is 58.6 Å². The average Bonchev–Trinajstić information content (AvgIpc) is 2.63. The Bertz CT molecular complexity index is 820. The molecule has 1 aromatic carbocycles. The van der Waals surface area contributed by atoms with Gasteiger partial charge in [-0.15, -0.1) is 6.58 Å². The van der Waals surface area contributed by atoms with Gasteiger partial charge in [0.15, 0.2) is 11.0 Å². The first-order valence-corrected chi connectivity index (χ1v) is 10.4. The summed E-state index contributed by atoms with van der Waals surface area (Å²) in [5.74, 6) is 0.179. The normalized spacial score (nSPS) is 18.2. The molecule has 0 radical (unpaired) electrons. The third kappa shape index (κ3) is 3.07. The summed E-state index contributed by atoms with van der Waals surface area (Å²) in [6.07, 6.45) is 3.73. The molecule has 0 bridgehead atoms. The van der Waals surface area contributed by atoms with Crippen LogP contribution in [0.4, 0.5) is 10.2 Å². The molecule has 0 saturated carbocycles. The van der Waals surface area contributed by atoms with Crippen LogP contribution in [-0.4, -0.2) is 41.9 Å². The molecule has 0 aliphatic carbocycles. The zero-order valence-corrected chi connectivity index (χ0v) is 17.5. The van der Waals surface area contributed by atoms with E-state index in [0.29, 0.717) is 20.8 Å². The van der Waals surface area contributed by atoms with Gasteiger partial charge in [-0.1, -0.05) is 29.4 Å². The quantitative estimate of drug-likeness (QED) is 0.221. The number of anilines is 1. The Kier molecular flexibility index (Phi) is 5.71. The van der Waals surface area contributed by atoms with Gasteiger partial charge in [-0.3, -0.25) is 0 Å². The van der Waals surface area contributed by atoms with Crippen LogP contribution in [0, 0.1) is 5.82 Å². The van der Waals surface area contributed by atoms with Crippen LogP contribution in [0.25, 0.3) is 10.9 Å². The number of hydrogen-bond donors (Lipinski definition) is 1. The number of thioether (sulfide) groups is 1. The maximum Gasteiger partial charge on any atom is 0.189 e. The van der Waals surface area contributed by atoms with Crippen LogP contribution >= 0.6 is 55.2 Å². The Morgan fingerprint density at radius 1 is 1.42 bits per heavy atom. The Balaban J connectivity index is 2.35. The van der Waals surface area contributed by atoms with E-state index in [1.54, 1.807) is 0 Å². The van der Waals surface area contributed by atoms with Crippen LogP contribution in [0.1, 0.15) is 0 Å². The first-order valence-electron chi connectivity index (χ1n) is 7.17. The van der Waals surface area contributed by atoms with E-state index < -0.39 is 5.82 Å². The molecular formula is C15H14Br2ClFN4S. The summed E-state index contributed by atoms with van der Waals surface area (Å²) in [7, 11) is 0. The monoisotopic (exact) mass is 494 g/mol. The SMILES string of the molecule is C=CC1CNCCN1c1nc(SC)nc2c(F)c(Br)c(Cl)c(Br)c12. The highest BCUT2D eigenvalue weighted by molar-refractivity contribution is 9.11. The molecule has 1 fully saturated rings. The molecular weight excluding hydrogens is 483 g/mol. The molecule has 128 valence electrons. The van der Waals surface area contributed by atoms with E-state index in [1.165, 1.54) is 11.8 Å². The third-order valence-corrected chi connectivity index (χ3v) is 6.80. The highest BCUT2D eigenvalue weighted by Gasteiger charge is 2.27. The summed E-state index contributed by atoms with van der Waals surface area (Å²) in [5.41, 5.74) is 0.244. The lowest BCUT2D eigenvalue weighted by molar-refractivity contribution is 0.525. The summed E-state index contributed by atoms with van der Waals surface area (Å²) in [6.45, 7) is 6.21. The van der Waals surface area contributed by atoms with Crippen molar-refractivity contribution in [2.24, 2.45) is 0 Å². The van der Waals surface area contributed by atoms with Crippen molar-refractivity contribution in [3.8, 4) is 0 Å². The molecule has 9 heteroatoms. The van der Waals surface area contributed by atoms with Crippen molar-refractivity contribution in [1.29, 1.82) is 0 Å². The van der Waals surface area contributed by atoms with E-state index in [1.807, 2.05) is 12.3 Å². The van der Waals surface area contributed by atoms with E-state index >= 15 is 0 Å². The molecule has 2 heterocycles. The number of halogens is 4. The molecule has 24 heavy (non-hydrogen) atoms. The van der Waals surface area contributed by atoms with Crippen LogP contribution in [0.3, 0.4) is 0 Å². The van der Waals surface area contributed by atoms with Crippen molar-refractivity contribution in [1.82, 2.24) is 15.3 Å². The predicted octanol–water partition coefficient (Wildman–Crippen LogP) is 4.63. The lowest BCUT2D eigenvalue weighted by Crippen LogP contribution is -2.50. The van der Waals surface area contributed by atoms with Crippen LogP contribution in [-0.2, 0) is 0 Å².